The van der Waals surface area contributed by atoms with E-state index in [0.717, 1.165) is 32.0 Å². The van der Waals surface area contributed by atoms with Gasteiger partial charge < -0.3 is 5.32 Å². The zero-order chi connectivity index (χ0) is 12.3. The van der Waals surface area contributed by atoms with Gasteiger partial charge in [0.15, 0.2) is 0 Å². The van der Waals surface area contributed by atoms with Crippen LogP contribution < -0.4 is 5.32 Å². The predicted octanol–water partition coefficient (Wildman–Crippen LogP) is 0.870. The second kappa shape index (κ2) is 5.60. The fourth-order valence-corrected chi connectivity index (χ4v) is 2.39. The molecular formula is C12H23N5. The third kappa shape index (κ3) is 3.04. The fraction of sp³-hybridized carbons (Fsp3) is 0.833. The summed E-state index contributed by atoms with van der Waals surface area (Å²) in [5.41, 5.74) is 0. The predicted molar refractivity (Wildman–Crippen MR) is 67.6 cm³/mol. The molecule has 2 atom stereocenters. The second-order valence-electron chi connectivity index (χ2n) is 4.91. The van der Waals surface area contributed by atoms with Gasteiger partial charge in [0, 0.05) is 25.2 Å². The lowest BCUT2D eigenvalue weighted by atomic mass is 10.2. The van der Waals surface area contributed by atoms with Crippen molar-refractivity contribution in [2.24, 2.45) is 0 Å². The SMILES string of the molecule is CCn1ncnc1CN1CC(C)NCCC1C. The Morgan fingerprint density at radius 1 is 1.47 bits per heavy atom. The zero-order valence-corrected chi connectivity index (χ0v) is 11.1. The number of nitrogens with zero attached hydrogens (tertiary/aromatic N) is 4. The van der Waals surface area contributed by atoms with E-state index in [9.17, 15) is 0 Å². The van der Waals surface area contributed by atoms with Gasteiger partial charge in [-0.15, -0.1) is 0 Å². The number of hydrogen-bond acceptors (Lipinski definition) is 4. The van der Waals surface area contributed by atoms with Crippen LogP contribution in [0.2, 0.25) is 0 Å². The van der Waals surface area contributed by atoms with E-state index in [1.54, 1.807) is 6.33 Å². The number of aryl methyl sites for hydroxylation is 1. The van der Waals surface area contributed by atoms with Gasteiger partial charge in [0.2, 0.25) is 0 Å². The fourth-order valence-electron chi connectivity index (χ4n) is 2.39. The first kappa shape index (κ1) is 12.5. The van der Waals surface area contributed by atoms with Crippen molar-refractivity contribution in [1.82, 2.24) is 25.0 Å². The maximum Gasteiger partial charge on any atom is 0.141 e. The molecule has 0 aromatic carbocycles. The maximum absolute atomic E-state index is 4.36. The summed E-state index contributed by atoms with van der Waals surface area (Å²) in [6.07, 6.45) is 2.85. The van der Waals surface area contributed by atoms with E-state index in [2.05, 4.69) is 41.1 Å². The lowest BCUT2D eigenvalue weighted by molar-refractivity contribution is 0.190. The Hall–Kier alpha value is -0.940. The van der Waals surface area contributed by atoms with Crippen LogP contribution in [0.1, 0.15) is 33.0 Å². The molecule has 17 heavy (non-hydrogen) atoms. The molecular weight excluding hydrogens is 214 g/mol. The van der Waals surface area contributed by atoms with Crippen LogP contribution in [0.4, 0.5) is 0 Å². The Kier molecular flexibility index (Phi) is 4.12. The van der Waals surface area contributed by atoms with Gasteiger partial charge in [-0.3, -0.25) is 4.90 Å². The molecule has 0 saturated carbocycles. The van der Waals surface area contributed by atoms with Crippen LogP contribution in [-0.4, -0.2) is 44.8 Å². The van der Waals surface area contributed by atoms with Gasteiger partial charge in [-0.05, 0) is 33.7 Å². The van der Waals surface area contributed by atoms with Crippen molar-refractivity contribution < 1.29 is 0 Å². The summed E-state index contributed by atoms with van der Waals surface area (Å²) in [7, 11) is 0. The van der Waals surface area contributed by atoms with Gasteiger partial charge in [0.1, 0.15) is 12.2 Å². The molecule has 2 heterocycles. The molecule has 1 aliphatic heterocycles. The third-order valence-corrected chi connectivity index (χ3v) is 3.53. The molecule has 5 heteroatoms. The average Bonchev–Trinajstić information content (AvgIpc) is 2.68. The van der Waals surface area contributed by atoms with Crippen LogP contribution in [0.15, 0.2) is 6.33 Å². The molecule has 5 nitrogen and oxygen atoms in total. The van der Waals surface area contributed by atoms with E-state index in [-0.39, 0.29) is 0 Å². The number of nitrogens with one attached hydrogen (secondary N) is 1. The summed E-state index contributed by atoms with van der Waals surface area (Å²) in [6, 6.07) is 1.16. The first-order chi connectivity index (χ1) is 8.20. The Balaban J connectivity index is 2.05. The molecule has 1 aromatic heterocycles. The van der Waals surface area contributed by atoms with Gasteiger partial charge in [0.05, 0.1) is 6.54 Å². The van der Waals surface area contributed by atoms with Crippen LogP contribution in [0.25, 0.3) is 0 Å². The molecule has 96 valence electrons. The summed E-state index contributed by atoms with van der Waals surface area (Å²) < 4.78 is 1.98. The maximum atomic E-state index is 4.36. The highest BCUT2D eigenvalue weighted by molar-refractivity contribution is 4.88. The van der Waals surface area contributed by atoms with Crippen molar-refractivity contribution in [2.45, 2.75) is 52.4 Å². The minimum atomic E-state index is 0.554. The van der Waals surface area contributed by atoms with Crippen molar-refractivity contribution in [3.63, 3.8) is 0 Å². The monoisotopic (exact) mass is 237 g/mol. The van der Waals surface area contributed by atoms with E-state index < -0.39 is 0 Å². The minimum Gasteiger partial charge on any atom is -0.313 e. The Bertz CT molecular complexity index is 348. The van der Waals surface area contributed by atoms with E-state index in [1.807, 2.05) is 4.68 Å². The molecule has 1 aliphatic rings. The average molecular weight is 237 g/mol. The lowest BCUT2D eigenvalue weighted by Gasteiger charge is -2.27. The summed E-state index contributed by atoms with van der Waals surface area (Å²) in [5, 5.41) is 7.76. The molecule has 1 saturated heterocycles. The topological polar surface area (TPSA) is 46.0 Å². The highest BCUT2D eigenvalue weighted by Crippen LogP contribution is 2.12. The van der Waals surface area contributed by atoms with Gasteiger partial charge in [-0.25, -0.2) is 9.67 Å². The van der Waals surface area contributed by atoms with Gasteiger partial charge in [-0.2, -0.15) is 5.10 Å². The number of rotatable bonds is 3. The van der Waals surface area contributed by atoms with Gasteiger partial charge in [0.25, 0.3) is 0 Å². The molecule has 0 radical (unpaired) electrons. The highest BCUT2D eigenvalue weighted by atomic mass is 15.3. The van der Waals surface area contributed by atoms with Crippen LogP contribution in [-0.2, 0) is 13.1 Å². The summed E-state index contributed by atoms with van der Waals surface area (Å²) in [5.74, 6) is 1.08. The van der Waals surface area contributed by atoms with Gasteiger partial charge >= 0.3 is 0 Å². The van der Waals surface area contributed by atoms with Crippen molar-refractivity contribution in [1.29, 1.82) is 0 Å². The summed E-state index contributed by atoms with van der Waals surface area (Å²) in [4.78, 5) is 6.86. The van der Waals surface area contributed by atoms with Crippen molar-refractivity contribution >= 4 is 0 Å². The molecule has 2 rings (SSSR count). The first-order valence-electron chi connectivity index (χ1n) is 6.54. The van der Waals surface area contributed by atoms with E-state index in [4.69, 9.17) is 0 Å². The number of aromatic nitrogens is 3. The minimum absolute atomic E-state index is 0.554. The normalized spacial score (nSPS) is 27.0. The largest absolute Gasteiger partial charge is 0.313 e. The smallest absolute Gasteiger partial charge is 0.141 e. The Labute approximate surface area is 103 Å². The molecule has 2 unspecified atom stereocenters. The van der Waals surface area contributed by atoms with Crippen LogP contribution in [0.3, 0.4) is 0 Å². The van der Waals surface area contributed by atoms with Crippen LogP contribution in [0.5, 0.6) is 0 Å². The standard InChI is InChI=1S/C12H23N5/c1-4-17-12(14-9-15-17)8-16-7-10(2)13-6-5-11(16)3/h9-11,13H,4-8H2,1-3H3. The molecule has 0 bridgehead atoms. The Morgan fingerprint density at radius 3 is 3.06 bits per heavy atom. The summed E-state index contributed by atoms with van der Waals surface area (Å²) in [6.45, 7) is 10.6. The third-order valence-electron chi connectivity index (χ3n) is 3.53. The molecule has 1 aromatic rings. The molecule has 1 N–H and O–H groups in total. The molecule has 0 amide bonds. The van der Waals surface area contributed by atoms with Crippen LogP contribution >= 0.6 is 0 Å². The second-order valence-corrected chi connectivity index (χ2v) is 4.91. The zero-order valence-electron chi connectivity index (χ0n) is 11.1. The quantitative estimate of drug-likeness (QED) is 0.847. The van der Waals surface area contributed by atoms with Crippen molar-refractivity contribution in [2.75, 3.05) is 13.1 Å². The van der Waals surface area contributed by atoms with Gasteiger partial charge in [-0.1, -0.05) is 0 Å². The molecule has 0 aliphatic carbocycles. The van der Waals surface area contributed by atoms with E-state index in [0.29, 0.717) is 12.1 Å². The highest BCUT2D eigenvalue weighted by Gasteiger charge is 2.21. The van der Waals surface area contributed by atoms with E-state index >= 15 is 0 Å². The molecule has 1 fully saturated rings. The Morgan fingerprint density at radius 2 is 2.29 bits per heavy atom. The number of hydrogen-bond donors (Lipinski definition) is 1. The van der Waals surface area contributed by atoms with Crippen molar-refractivity contribution in [3.8, 4) is 0 Å². The summed E-state index contributed by atoms with van der Waals surface area (Å²) >= 11 is 0. The van der Waals surface area contributed by atoms with Crippen LogP contribution in [0, 0.1) is 0 Å². The molecule has 0 spiro atoms. The van der Waals surface area contributed by atoms with Crippen molar-refractivity contribution in [3.05, 3.63) is 12.2 Å². The lowest BCUT2D eigenvalue weighted by Crippen LogP contribution is -2.38. The first-order valence-corrected chi connectivity index (χ1v) is 6.54. The van der Waals surface area contributed by atoms with E-state index in [1.165, 1.54) is 6.42 Å².